The Morgan fingerprint density at radius 1 is 1.50 bits per heavy atom. The first-order chi connectivity index (χ1) is 6.65. The molecule has 0 aliphatic heterocycles. The molecule has 0 spiro atoms. The Kier molecular flexibility index (Phi) is 5.72. The molecule has 0 bridgehead atoms. The van der Waals surface area contributed by atoms with E-state index in [4.69, 9.17) is 5.26 Å². The molecule has 0 aliphatic carbocycles. The van der Waals surface area contributed by atoms with Gasteiger partial charge in [0.1, 0.15) is 17.9 Å². The van der Waals surface area contributed by atoms with Crippen LogP contribution in [0.4, 0.5) is 0 Å². The van der Waals surface area contributed by atoms with Crippen molar-refractivity contribution >= 4 is 12.3 Å². The lowest BCUT2D eigenvalue weighted by molar-refractivity contribution is -0.135. The van der Waals surface area contributed by atoms with Crippen molar-refractivity contribution in [2.75, 3.05) is 7.11 Å². The van der Waals surface area contributed by atoms with Gasteiger partial charge in [-0.05, 0) is 13.0 Å². The molecule has 0 atom stereocenters. The van der Waals surface area contributed by atoms with Crippen LogP contribution >= 0.6 is 0 Å². The summed E-state index contributed by atoms with van der Waals surface area (Å²) in [5.74, 6) is -0.678. The summed E-state index contributed by atoms with van der Waals surface area (Å²) in [6.45, 7) is 1.73. The number of esters is 1. The van der Waals surface area contributed by atoms with E-state index in [1.54, 1.807) is 19.1 Å². The molecule has 0 aromatic heterocycles. The van der Waals surface area contributed by atoms with E-state index in [9.17, 15) is 9.59 Å². The highest BCUT2D eigenvalue weighted by Gasteiger charge is 2.06. The van der Waals surface area contributed by atoms with E-state index in [1.165, 1.54) is 13.2 Å². The third kappa shape index (κ3) is 4.21. The van der Waals surface area contributed by atoms with Crippen molar-refractivity contribution in [1.29, 1.82) is 5.26 Å². The molecule has 0 saturated heterocycles. The first kappa shape index (κ1) is 12.1. The molecule has 74 valence electrons. The zero-order valence-corrected chi connectivity index (χ0v) is 8.11. The van der Waals surface area contributed by atoms with Crippen molar-refractivity contribution in [3.63, 3.8) is 0 Å². The van der Waals surface area contributed by atoms with Crippen molar-refractivity contribution in [3.05, 3.63) is 23.3 Å². The minimum absolute atomic E-state index is 0.0854. The van der Waals surface area contributed by atoms with Crippen molar-refractivity contribution in [1.82, 2.24) is 0 Å². The zero-order valence-electron chi connectivity index (χ0n) is 8.11. The quantitative estimate of drug-likeness (QED) is 0.221. The summed E-state index contributed by atoms with van der Waals surface area (Å²) >= 11 is 0. The monoisotopic (exact) mass is 193 g/mol. The summed E-state index contributed by atoms with van der Waals surface area (Å²) in [7, 11) is 1.20. The molecule has 4 nitrogen and oxygen atoms in total. The summed E-state index contributed by atoms with van der Waals surface area (Å²) in [5, 5.41) is 8.55. The number of aldehydes is 1. The summed E-state index contributed by atoms with van der Waals surface area (Å²) in [4.78, 5) is 21.0. The highest BCUT2D eigenvalue weighted by molar-refractivity contribution is 5.92. The number of nitrogens with zero attached hydrogens (tertiary/aromatic N) is 1. The van der Waals surface area contributed by atoms with Crippen LogP contribution in [0.5, 0.6) is 0 Å². The Labute approximate surface area is 82.5 Å². The second-order valence-corrected chi connectivity index (χ2v) is 2.57. The maximum Gasteiger partial charge on any atom is 0.348 e. The molecule has 0 radical (unpaired) electrons. The van der Waals surface area contributed by atoms with Crippen molar-refractivity contribution < 1.29 is 14.3 Å². The predicted octanol–water partition coefficient (Wildman–Crippen LogP) is 1.14. The van der Waals surface area contributed by atoms with Crippen LogP contribution in [0.2, 0.25) is 0 Å². The molecule has 4 heteroatoms. The van der Waals surface area contributed by atoms with E-state index in [2.05, 4.69) is 4.74 Å². The third-order valence-electron chi connectivity index (χ3n) is 1.47. The lowest BCUT2D eigenvalue weighted by Gasteiger charge is -1.94. The van der Waals surface area contributed by atoms with Gasteiger partial charge < -0.3 is 9.53 Å². The van der Waals surface area contributed by atoms with Crippen LogP contribution in [-0.4, -0.2) is 19.4 Å². The molecule has 0 unspecified atom stereocenters. The molecule has 0 heterocycles. The van der Waals surface area contributed by atoms with E-state index in [-0.39, 0.29) is 12.0 Å². The van der Waals surface area contributed by atoms with Crippen LogP contribution in [0.15, 0.2) is 23.3 Å². The van der Waals surface area contributed by atoms with Gasteiger partial charge in [0, 0.05) is 6.42 Å². The Balaban J connectivity index is 4.63. The van der Waals surface area contributed by atoms with Gasteiger partial charge in [0.15, 0.2) is 0 Å². The molecular weight excluding hydrogens is 182 g/mol. The number of ether oxygens (including phenoxy) is 1. The fourth-order valence-corrected chi connectivity index (χ4v) is 0.686. The van der Waals surface area contributed by atoms with Gasteiger partial charge in [-0.2, -0.15) is 5.26 Å². The maximum atomic E-state index is 10.9. The fraction of sp³-hybridized carbons (Fsp3) is 0.300. The standard InChI is InChI=1S/C10H11NO3/c1-8(5-6-12)3-4-9(7-11)10(13)14-2/h3-4,6H,5H2,1-2H3. The van der Waals surface area contributed by atoms with Crippen molar-refractivity contribution in [2.24, 2.45) is 0 Å². The van der Waals surface area contributed by atoms with E-state index < -0.39 is 5.97 Å². The van der Waals surface area contributed by atoms with E-state index in [0.29, 0.717) is 0 Å². The van der Waals surface area contributed by atoms with Gasteiger partial charge in [0.25, 0.3) is 0 Å². The summed E-state index contributed by atoms with van der Waals surface area (Å²) in [6.07, 6.45) is 3.93. The molecule has 0 fully saturated rings. The van der Waals surface area contributed by atoms with E-state index in [0.717, 1.165) is 11.9 Å². The second-order valence-electron chi connectivity index (χ2n) is 2.57. The third-order valence-corrected chi connectivity index (χ3v) is 1.47. The van der Waals surface area contributed by atoms with Gasteiger partial charge in [-0.1, -0.05) is 11.6 Å². The van der Waals surface area contributed by atoms with Crippen LogP contribution < -0.4 is 0 Å². The van der Waals surface area contributed by atoms with Crippen LogP contribution in [0.3, 0.4) is 0 Å². The largest absolute Gasteiger partial charge is 0.465 e. The highest BCUT2D eigenvalue weighted by atomic mass is 16.5. The van der Waals surface area contributed by atoms with Crippen molar-refractivity contribution in [2.45, 2.75) is 13.3 Å². The SMILES string of the molecule is COC(=O)C(C#N)=CC=C(C)CC=O. The fourth-order valence-electron chi connectivity index (χ4n) is 0.686. The number of nitriles is 1. The van der Waals surface area contributed by atoms with Gasteiger partial charge in [0.2, 0.25) is 0 Å². The highest BCUT2D eigenvalue weighted by Crippen LogP contribution is 2.01. The topological polar surface area (TPSA) is 67.2 Å². The maximum absolute atomic E-state index is 10.9. The number of rotatable bonds is 4. The normalized spacial score (nSPS) is 11.8. The molecule has 0 aromatic carbocycles. The average Bonchev–Trinajstić information content (AvgIpc) is 2.18. The number of carbonyl (C=O) groups is 2. The smallest absolute Gasteiger partial charge is 0.348 e. The Morgan fingerprint density at radius 3 is 2.57 bits per heavy atom. The minimum Gasteiger partial charge on any atom is -0.465 e. The van der Waals surface area contributed by atoms with Crippen LogP contribution in [0.1, 0.15) is 13.3 Å². The summed E-state index contributed by atoms with van der Waals surface area (Å²) < 4.78 is 4.37. The van der Waals surface area contributed by atoms with E-state index in [1.807, 2.05) is 0 Å². The van der Waals surface area contributed by atoms with E-state index >= 15 is 0 Å². The lowest BCUT2D eigenvalue weighted by Crippen LogP contribution is -2.02. The van der Waals surface area contributed by atoms with Crippen LogP contribution in [0.25, 0.3) is 0 Å². The molecule has 0 saturated carbocycles. The minimum atomic E-state index is -0.678. The number of hydrogen-bond donors (Lipinski definition) is 0. The number of methoxy groups -OCH3 is 1. The second kappa shape index (κ2) is 6.61. The van der Waals surface area contributed by atoms with Crippen LogP contribution in [0, 0.1) is 11.3 Å². The molecule has 0 aliphatic rings. The molecule has 0 rings (SSSR count). The first-order valence-electron chi connectivity index (χ1n) is 3.95. The molecule has 0 aromatic rings. The number of allylic oxidation sites excluding steroid dienone is 3. The number of carbonyl (C=O) groups excluding carboxylic acids is 2. The predicted molar refractivity (Wildman–Crippen MR) is 50.2 cm³/mol. The van der Waals surface area contributed by atoms with Gasteiger partial charge in [-0.3, -0.25) is 0 Å². The average molecular weight is 193 g/mol. The Morgan fingerprint density at radius 2 is 2.14 bits per heavy atom. The van der Waals surface area contributed by atoms with Gasteiger partial charge in [-0.25, -0.2) is 4.79 Å². The van der Waals surface area contributed by atoms with Crippen molar-refractivity contribution in [3.8, 4) is 6.07 Å². The molecule has 14 heavy (non-hydrogen) atoms. The summed E-state index contributed by atoms with van der Waals surface area (Å²) in [6, 6.07) is 1.70. The Hall–Kier alpha value is -1.89. The van der Waals surface area contributed by atoms with Gasteiger partial charge in [0.05, 0.1) is 7.11 Å². The summed E-state index contributed by atoms with van der Waals surface area (Å²) in [5.41, 5.74) is 0.689. The molecular formula is C10H11NO3. The molecule has 0 N–H and O–H groups in total. The van der Waals surface area contributed by atoms with Gasteiger partial charge in [-0.15, -0.1) is 0 Å². The number of hydrogen-bond acceptors (Lipinski definition) is 4. The lowest BCUT2D eigenvalue weighted by atomic mass is 10.2. The van der Waals surface area contributed by atoms with Gasteiger partial charge >= 0.3 is 5.97 Å². The molecule has 0 amide bonds. The van der Waals surface area contributed by atoms with Crippen LogP contribution in [-0.2, 0) is 14.3 Å². The first-order valence-corrected chi connectivity index (χ1v) is 3.95. The zero-order chi connectivity index (χ0) is 11.0. The Bertz CT molecular complexity index is 321.